The normalized spacial score (nSPS) is 15.1. The van der Waals surface area contributed by atoms with E-state index < -0.39 is 29.3 Å². The van der Waals surface area contributed by atoms with Gasteiger partial charge < -0.3 is 29.9 Å². The van der Waals surface area contributed by atoms with Crippen molar-refractivity contribution in [2.75, 3.05) is 50.9 Å². The number of carbonyl (C=O) groups excluding carboxylic acids is 2. The quantitative estimate of drug-likeness (QED) is 0.115. The van der Waals surface area contributed by atoms with Crippen molar-refractivity contribution in [3.63, 3.8) is 0 Å². The van der Waals surface area contributed by atoms with Gasteiger partial charge in [-0.1, -0.05) is 0 Å². The summed E-state index contributed by atoms with van der Waals surface area (Å²) in [6.45, 7) is 3.72. The second-order valence-corrected chi connectivity index (χ2v) is 16.7. The van der Waals surface area contributed by atoms with Crippen LogP contribution in [0.4, 0.5) is 24.5 Å². The second-order valence-electron chi connectivity index (χ2n) is 16.7. The van der Waals surface area contributed by atoms with Gasteiger partial charge in [-0.3, -0.25) is 29.2 Å². The minimum Gasteiger partial charge on any atom is -0.474 e. The van der Waals surface area contributed by atoms with Crippen LogP contribution >= 0.6 is 0 Å². The van der Waals surface area contributed by atoms with Gasteiger partial charge in [-0.15, -0.1) is 0 Å². The fourth-order valence-corrected chi connectivity index (χ4v) is 8.03. The predicted molar refractivity (Wildman–Crippen MR) is 243 cm³/mol. The monoisotopic (exact) mass is 916 g/mol. The Bertz CT molecular complexity index is 3080. The van der Waals surface area contributed by atoms with Gasteiger partial charge in [0.25, 0.3) is 17.7 Å². The molecule has 0 spiro atoms. The molecule has 346 valence electrons. The van der Waals surface area contributed by atoms with Crippen molar-refractivity contribution in [3.05, 3.63) is 108 Å². The number of hydrogen-bond donors (Lipinski definition) is 4. The highest BCUT2D eigenvalue weighted by Gasteiger charge is 2.24. The van der Waals surface area contributed by atoms with Crippen molar-refractivity contribution in [2.24, 2.45) is 14.1 Å². The second kappa shape index (κ2) is 19.1. The average Bonchev–Trinajstić information content (AvgIpc) is 4.13. The van der Waals surface area contributed by atoms with Gasteiger partial charge in [0, 0.05) is 122 Å². The van der Waals surface area contributed by atoms with Crippen LogP contribution in [0.25, 0.3) is 44.1 Å². The molecule has 4 N–H and O–H groups in total. The lowest BCUT2D eigenvalue weighted by Gasteiger charge is -2.28. The fourth-order valence-electron chi connectivity index (χ4n) is 8.03. The zero-order valence-corrected chi connectivity index (χ0v) is 37.1. The molecule has 2 amide bonds. The number of halogens is 3. The van der Waals surface area contributed by atoms with E-state index >= 15 is 0 Å². The first-order valence-electron chi connectivity index (χ1n) is 21.6. The molecule has 6 aromatic heterocycles. The molecule has 8 aromatic rings. The van der Waals surface area contributed by atoms with Crippen LogP contribution in [-0.4, -0.2) is 124 Å². The number of carbonyl (C=O) groups is 2. The summed E-state index contributed by atoms with van der Waals surface area (Å²) < 4.78 is 58.7. The molecule has 18 nitrogen and oxygen atoms in total. The molecule has 0 unspecified atom stereocenters. The minimum atomic E-state index is -0.662. The number of hydrogen-bond acceptors (Lipinski definition) is 12. The van der Waals surface area contributed by atoms with Crippen LogP contribution in [0.1, 0.15) is 46.7 Å². The van der Waals surface area contributed by atoms with E-state index in [2.05, 4.69) is 68.0 Å². The first-order chi connectivity index (χ1) is 32.3. The van der Waals surface area contributed by atoms with Crippen LogP contribution in [0, 0.1) is 17.5 Å². The number of rotatable bonds is 10. The Morgan fingerprint density at radius 2 is 1.13 bits per heavy atom. The number of H-pyrrole nitrogens is 2. The maximum Gasteiger partial charge on any atom is 0.276 e. The zero-order chi connectivity index (χ0) is 46.8. The molecule has 2 fully saturated rings. The summed E-state index contributed by atoms with van der Waals surface area (Å²) in [4.78, 5) is 38.6. The SMILES string of the molecule is CN1CCC(Oc2cc(NC(=O)c3n[nH]c4cc(F)c(-c5cnn(C)c5)cc34)ccn2)CC1.CN1CCC(Oc2ncc(NC(=O)c3n[nH]c4cc(F)c(-c5cnn(C)c5)cc34)cc2F)CC1. The molecular weight excluding hydrogens is 870 g/mol. The Hall–Kier alpha value is -7.65. The molecule has 0 bridgehead atoms. The van der Waals surface area contributed by atoms with Crippen LogP contribution in [0.2, 0.25) is 0 Å². The Balaban J connectivity index is 0.000000168. The number of likely N-dealkylation sites (tertiary alicyclic amines) is 2. The molecule has 2 aromatic carbocycles. The van der Waals surface area contributed by atoms with E-state index in [1.54, 1.807) is 66.4 Å². The number of aromatic nitrogens is 10. The van der Waals surface area contributed by atoms with E-state index in [0.29, 0.717) is 55.6 Å². The van der Waals surface area contributed by atoms with Crippen LogP contribution in [0.3, 0.4) is 0 Å². The van der Waals surface area contributed by atoms with Crippen LogP contribution in [0.15, 0.2) is 79.6 Å². The number of aromatic amines is 2. The molecule has 2 aliphatic heterocycles. The van der Waals surface area contributed by atoms with E-state index in [-0.39, 0.29) is 35.2 Å². The van der Waals surface area contributed by atoms with E-state index in [9.17, 15) is 22.8 Å². The zero-order valence-electron chi connectivity index (χ0n) is 37.1. The summed E-state index contributed by atoms with van der Waals surface area (Å²) in [5.41, 5.74) is 3.55. The lowest BCUT2D eigenvalue weighted by atomic mass is 10.1. The van der Waals surface area contributed by atoms with Crippen LogP contribution in [-0.2, 0) is 14.1 Å². The smallest absolute Gasteiger partial charge is 0.276 e. The molecule has 8 heterocycles. The summed E-state index contributed by atoms with van der Waals surface area (Å²) >= 11 is 0. The molecule has 10 rings (SSSR count). The molecule has 67 heavy (non-hydrogen) atoms. The van der Waals surface area contributed by atoms with E-state index in [0.717, 1.165) is 57.9 Å². The summed E-state index contributed by atoms with van der Waals surface area (Å²) in [5, 5.41) is 28.1. The highest BCUT2D eigenvalue weighted by molar-refractivity contribution is 6.12. The van der Waals surface area contributed by atoms with Gasteiger partial charge in [-0.05, 0) is 58.0 Å². The largest absolute Gasteiger partial charge is 0.474 e. The van der Waals surface area contributed by atoms with Gasteiger partial charge in [0.2, 0.25) is 5.88 Å². The first-order valence-corrected chi connectivity index (χ1v) is 21.6. The number of pyridine rings is 2. The molecule has 21 heteroatoms. The summed E-state index contributed by atoms with van der Waals surface area (Å²) in [6, 6.07) is 10.3. The number of nitrogens with zero attached hydrogens (tertiary/aromatic N) is 10. The van der Waals surface area contributed by atoms with Crippen molar-refractivity contribution < 1.29 is 32.2 Å². The maximum absolute atomic E-state index is 14.6. The fraction of sp³-hybridized carbons (Fsp3) is 0.304. The van der Waals surface area contributed by atoms with Gasteiger partial charge in [0.15, 0.2) is 17.2 Å². The molecule has 0 radical (unpaired) electrons. The Morgan fingerprint density at radius 3 is 1.63 bits per heavy atom. The van der Waals surface area contributed by atoms with E-state index in [1.165, 1.54) is 30.6 Å². The topological polar surface area (TPSA) is 202 Å². The van der Waals surface area contributed by atoms with Crippen molar-refractivity contribution in [3.8, 4) is 34.0 Å². The molecule has 2 saturated heterocycles. The van der Waals surface area contributed by atoms with E-state index in [1.807, 2.05) is 7.05 Å². The van der Waals surface area contributed by atoms with Crippen LogP contribution < -0.4 is 20.1 Å². The third-order valence-electron chi connectivity index (χ3n) is 11.7. The number of nitrogens with one attached hydrogen (secondary N) is 4. The lowest BCUT2D eigenvalue weighted by molar-refractivity contribution is 0.101. The first kappa shape index (κ1) is 44.5. The van der Waals surface area contributed by atoms with Gasteiger partial charge in [0.05, 0.1) is 35.3 Å². The average molecular weight is 917 g/mol. The molecular formula is C46H47F3N14O4. The number of amides is 2. The number of benzene rings is 2. The molecule has 0 atom stereocenters. The molecule has 2 aliphatic rings. The summed E-state index contributed by atoms with van der Waals surface area (Å²) in [5.74, 6) is -2.17. The number of aryl methyl sites for hydroxylation is 2. The van der Waals surface area contributed by atoms with Gasteiger partial charge in [-0.25, -0.2) is 23.1 Å². The van der Waals surface area contributed by atoms with Crippen molar-refractivity contribution in [1.82, 2.24) is 59.7 Å². The maximum atomic E-state index is 14.6. The van der Waals surface area contributed by atoms with Gasteiger partial charge in [0.1, 0.15) is 23.8 Å². The summed E-state index contributed by atoms with van der Waals surface area (Å²) in [7, 11) is 7.62. The van der Waals surface area contributed by atoms with Gasteiger partial charge >= 0.3 is 0 Å². The minimum absolute atomic E-state index is 0.0483. The lowest BCUT2D eigenvalue weighted by Crippen LogP contribution is -2.35. The Kier molecular flexibility index (Phi) is 12.7. The van der Waals surface area contributed by atoms with E-state index in [4.69, 9.17) is 9.47 Å². The number of ether oxygens (including phenoxy) is 2. The van der Waals surface area contributed by atoms with Crippen molar-refractivity contribution in [1.29, 1.82) is 0 Å². The predicted octanol–water partition coefficient (Wildman–Crippen LogP) is 6.58. The Labute approximate surface area is 381 Å². The van der Waals surface area contributed by atoms with Crippen molar-refractivity contribution in [2.45, 2.75) is 37.9 Å². The van der Waals surface area contributed by atoms with Crippen molar-refractivity contribution >= 4 is 45.0 Å². The van der Waals surface area contributed by atoms with Crippen LogP contribution in [0.5, 0.6) is 11.8 Å². The number of fused-ring (bicyclic) bond motifs is 2. The number of piperidine rings is 2. The summed E-state index contributed by atoms with van der Waals surface area (Å²) in [6.07, 6.45) is 12.9. The standard InChI is InChI=1S/C23H23F2N7O2.C23H24FN7O2/c1-31-5-3-15(4-6-31)34-23-19(25)7-14(11-26-23)28-22(33)21-17-8-16(13-10-27-32(2)12-13)18(24)9-20(17)29-30-21;1-30-7-4-16(5-8-30)33-21-9-15(3-6-25-21)27-23(32)22-18-10-17(14-12-26-31(2)13-14)19(24)11-20(18)28-29-22/h7-12,15H,3-6H2,1-2H3,(H,28,33)(H,29,30);3,6,9-13,16H,4-5,7-8H2,1-2H3,(H,28,29)(H,25,27,32). The van der Waals surface area contributed by atoms with Gasteiger partial charge in [-0.2, -0.15) is 20.4 Å². The highest BCUT2D eigenvalue weighted by Crippen LogP contribution is 2.31. The number of anilines is 2. The third kappa shape index (κ3) is 10.1. The Morgan fingerprint density at radius 1 is 0.627 bits per heavy atom. The highest BCUT2D eigenvalue weighted by atomic mass is 19.1. The molecule has 0 aliphatic carbocycles. The molecule has 0 saturated carbocycles. The third-order valence-corrected chi connectivity index (χ3v) is 11.7.